The second-order valence-corrected chi connectivity index (χ2v) is 7.94. The number of carbonyl (C=O) groups is 2. The molecular weight excluding hydrogens is 402 g/mol. The number of hydrogen-bond donors (Lipinski definition) is 3. The Hall–Kier alpha value is -3.77. The van der Waals surface area contributed by atoms with Crippen LogP contribution in [-0.4, -0.2) is 41.3 Å². The molecule has 0 aromatic heterocycles. The van der Waals surface area contributed by atoms with Gasteiger partial charge in [-0.3, -0.25) is 19.9 Å². The lowest BCUT2D eigenvalue weighted by Gasteiger charge is -2.15. The highest BCUT2D eigenvalue weighted by Crippen LogP contribution is 2.27. The van der Waals surface area contributed by atoms with Gasteiger partial charge in [0.2, 0.25) is 0 Å². The molecule has 0 aliphatic rings. The molecule has 0 atom stereocenters. The molecule has 0 unspecified atom stereocenters. The standard InChI is InChI=1S/C26H27N3O3/c1-17-7-4-5-10-22(17)23-12-11-21(13-18(23)2)26(32)28-25(27)20-9-6-8-19(14-20)15-29(3)16-24(30)31/h4-14H,15-16H2,1-3H3,(H,30,31)(H2,27,28,32). The van der Waals surface area contributed by atoms with E-state index in [-0.39, 0.29) is 18.3 Å². The second-order valence-electron chi connectivity index (χ2n) is 7.94. The van der Waals surface area contributed by atoms with Gasteiger partial charge in [0.1, 0.15) is 5.84 Å². The van der Waals surface area contributed by atoms with Crippen molar-refractivity contribution in [3.8, 4) is 11.1 Å². The van der Waals surface area contributed by atoms with Gasteiger partial charge in [0, 0.05) is 17.7 Å². The zero-order valence-corrected chi connectivity index (χ0v) is 18.5. The molecule has 0 heterocycles. The maximum atomic E-state index is 12.8. The fourth-order valence-corrected chi connectivity index (χ4v) is 3.66. The highest BCUT2D eigenvalue weighted by atomic mass is 16.4. The maximum absolute atomic E-state index is 12.8. The molecule has 32 heavy (non-hydrogen) atoms. The quantitative estimate of drug-likeness (QED) is 0.387. The summed E-state index contributed by atoms with van der Waals surface area (Å²) in [6.07, 6.45) is 0. The number of carboxylic acid groups (broad SMARTS) is 1. The largest absolute Gasteiger partial charge is 0.480 e. The minimum Gasteiger partial charge on any atom is -0.480 e. The topological polar surface area (TPSA) is 93.5 Å². The molecule has 0 spiro atoms. The molecule has 0 fully saturated rings. The lowest BCUT2D eigenvalue weighted by molar-refractivity contribution is -0.138. The Kier molecular flexibility index (Phi) is 7.18. The predicted octanol–water partition coefficient (Wildman–Crippen LogP) is 4.24. The van der Waals surface area contributed by atoms with E-state index < -0.39 is 5.97 Å². The number of rotatable bonds is 7. The van der Waals surface area contributed by atoms with Gasteiger partial charge < -0.3 is 10.4 Å². The third-order valence-electron chi connectivity index (χ3n) is 5.24. The van der Waals surface area contributed by atoms with Crippen LogP contribution in [0.3, 0.4) is 0 Å². The minimum absolute atomic E-state index is 0.00151. The van der Waals surface area contributed by atoms with E-state index in [2.05, 4.69) is 24.4 Å². The van der Waals surface area contributed by atoms with Crippen LogP contribution in [0.2, 0.25) is 0 Å². The van der Waals surface area contributed by atoms with Gasteiger partial charge in [-0.25, -0.2) is 0 Å². The van der Waals surface area contributed by atoms with Crippen molar-refractivity contribution in [2.24, 2.45) is 0 Å². The van der Waals surface area contributed by atoms with Gasteiger partial charge in [0.05, 0.1) is 6.54 Å². The maximum Gasteiger partial charge on any atom is 0.317 e. The summed E-state index contributed by atoms with van der Waals surface area (Å²) >= 11 is 0. The van der Waals surface area contributed by atoms with Crippen LogP contribution in [-0.2, 0) is 11.3 Å². The number of carboxylic acids is 1. The van der Waals surface area contributed by atoms with Gasteiger partial charge in [0.25, 0.3) is 5.91 Å². The van der Waals surface area contributed by atoms with Crippen molar-refractivity contribution in [2.75, 3.05) is 13.6 Å². The van der Waals surface area contributed by atoms with Crippen LogP contribution in [0.4, 0.5) is 0 Å². The highest BCUT2D eigenvalue weighted by molar-refractivity contribution is 6.11. The van der Waals surface area contributed by atoms with Crippen molar-refractivity contribution in [3.63, 3.8) is 0 Å². The van der Waals surface area contributed by atoms with Gasteiger partial charge in [-0.2, -0.15) is 0 Å². The minimum atomic E-state index is -0.896. The molecule has 6 heteroatoms. The summed E-state index contributed by atoms with van der Waals surface area (Å²) in [5.74, 6) is -1.24. The zero-order valence-electron chi connectivity index (χ0n) is 18.5. The van der Waals surface area contributed by atoms with Crippen molar-refractivity contribution in [1.29, 1.82) is 5.41 Å². The van der Waals surface area contributed by atoms with Gasteiger partial charge in [-0.05, 0) is 66.9 Å². The van der Waals surface area contributed by atoms with E-state index in [0.717, 1.165) is 22.3 Å². The van der Waals surface area contributed by atoms with E-state index in [9.17, 15) is 9.59 Å². The Labute approximate surface area is 188 Å². The van der Waals surface area contributed by atoms with Crippen molar-refractivity contribution in [1.82, 2.24) is 10.2 Å². The fourth-order valence-electron chi connectivity index (χ4n) is 3.66. The van der Waals surface area contributed by atoms with Crippen molar-refractivity contribution in [3.05, 3.63) is 94.5 Å². The van der Waals surface area contributed by atoms with Crippen LogP contribution in [0.15, 0.2) is 66.7 Å². The summed E-state index contributed by atoms with van der Waals surface area (Å²) in [5, 5.41) is 19.9. The summed E-state index contributed by atoms with van der Waals surface area (Å²) in [7, 11) is 1.72. The number of benzene rings is 3. The first kappa shape index (κ1) is 22.9. The fraction of sp³-hybridized carbons (Fsp3) is 0.192. The first-order chi connectivity index (χ1) is 15.2. The number of aliphatic carboxylic acids is 1. The van der Waals surface area contributed by atoms with Crippen LogP contribution in [0.1, 0.15) is 32.6 Å². The molecule has 164 valence electrons. The Bertz CT molecular complexity index is 1170. The normalized spacial score (nSPS) is 10.8. The van der Waals surface area contributed by atoms with E-state index in [1.165, 1.54) is 5.56 Å². The van der Waals surface area contributed by atoms with E-state index >= 15 is 0 Å². The average Bonchev–Trinajstić information content (AvgIpc) is 2.74. The number of amidine groups is 1. The summed E-state index contributed by atoms with van der Waals surface area (Å²) in [6.45, 7) is 4.39. The van der Waals surface area contributed by atoms with Crippen LogP contribution in [0.5, 0.6) is 0 Å². The summed E-state index contributed by atoms with van der Waals surface area (Å²) in [5.41, 5.74) is 6.28. The average molecular weight is 430 g/mol. The molecule has 0 saturated carbocycles. The molecule has 0 radical (unpaired) electrons. The predicted molar refractivity (Wildman–Crippen MR) is 126 cm³/mol. The van der Waals surface area contributed by atoms with E-state index in [0.29, 0.717) is 17.7 Å². The summed E-state index contributed by atoms with van der Waals surface area (Å²) in [4.78, 5) is 25.3. The van der Waals surface area contributed by atoms with Crippen molar-refractivity contribution in [2.45, 2.75) is 20.4 Å². The smallest absolute Gasteiger partial charge is 0.317 e. The lowest BCUT2D eigenvalue weighted by atomic mass is 9.95. The number of nitrogens with one attached hydrogen (secondary N) is 2. The monoisotopic (exact) mass is 429 g/mol. The number of hydrogen-bond acceptors (Lipinski definition) is 4. The molecule has 6 nitrogen and oxygen atoms in total. The summed E-state index contributed by atoms with van der Waals surface area (Å²) < 4.78 is 0. The third kappa shape index (κ3) is 5.68. The van der Waals surface area contributed by atoms with Crippen LogP contribution >= 0.6 is 0 Å². The number of amides is 1. The second kappa shape index (κ2) is 10.0. The zero-order chi connectivity index (χ0) is 23.3. The Morgan fingerprint density at radius 3 is 2.31 bits per heavy atom. The van der Waals surface area contributed by atoms with Gasteiger partial charge in [-0.1, -0.05) is 48.5 Å². The highest BCUT2D eigenvalue weighted by Gasteiger charge is 2.13. The van der Waals surface area contributed by atoms with Crippen molar-refractivity contribution < 1.29 is 14.7 Å². The molecule has 1 amide bonds. The summed E-state index contributed by atoms with van der Waals surface area (Å²) in [6, 6.07) is 20.9. The van der Waals surface area contributed by atoms with E-state index in [4.69, 9.17) is 10.5 Å². The van der Waals surface area contributed by atoms with Crippen LogP contribution in [0, 0.1) is 19.3 Å². The van der Waals surface area contributed by atoms with Gasteiger partial charge in [-0.15, -0.1) is 0 Å². The number of carbonyl (C=O) groups excluding carboxylic acids is 1. The molecule has 0 aliphatic carbocycles. The van der Waals surface area contributed by atoms with Gasteiger partial charge in [0.15, 0.2) is 0 Å². The number of nitrogens with zero attached hydrogens (tertiary/aromatic N) is 1. The Morgan fingerprint density at radius 1 is 0.906 bits per heavy atom. The van der Waals surface area contributed by atoms with Crippen molar-refractivity contribution >= 4 is 17.7 Å². The first-order valence-electron chi connectivity index (χ1n) is 10.3. The Balaban J connectivity index is 1.71. The molecule has 0 aliphatic heterocycles. The van der Waals surface area contributed by atoms with E-state index in [1.54, 1.807) is 36.2 Å². The third-order valence-corrected chi connectivity index (χ3v) is 5.24. The first-order valence-corrected chi connectivity index (χ1v) is 10.3. The Morgan fingerprint density at radius 2 is 1.62 bits per heavy atom. The molecule has 0 bridgehead atoms. The van der Waals surface area contributed by atoms with Gasteiger partial charge >= 0.3 is 5.97 Å². The number of likely N-dealkylation sites (N-methyl/N-ethyl adjacent to an activating group) is 1. The molecule has 3 rings (SSSR count). The number of aryl methyl sites for hydroxylation is 2. The van der Waals surface area contributed by atoms with E-state index in [1.807, 2.05) is 37.3 Å². The SMILES string of the molecule is Cc1ccccc1-c1ccc(C(=O)NC(=N)c2cccc(CN(C)CC(=O)O)c2)cc1C. The molecule has 3 aromatic carbocycles. The molecule has 3 N–H and O–H groups in total. The van der Waals surface area contributed by atoms with Crippen LogP contribution in [0.25, 0.3) is 11.1 Å². The lowest BCUT2D eigenvalue weighted by Crippen LogP contribution is -2.30. The van der Waals surface area contributed by atoms with Crippen LogP contribution < -0.4 is 5.32 Å². The molecule has 3 aromatic rings. The molecule has 0 saturated heterocycles. The molecular formula is C26H27N3O3.